The summed E-state index contributed by atoms with van der Waals surface area (Å²) < 4.78 is 63.7. The number of H-pyrrole nitrogens is 1. The predicted molar refractivity (Wildman–Crippen MR) is 77.6 cm³/mol. The molecule has 0 aliphatic heterocycles. The van der Waals surface area contributed by atoms with Gasteiger partial charge < -0.3 is 4.98 Å². The number of benzene rings is 1. The molecule has 0 fully saturated rings. The van der Waals surface area contributed by atoms with Gasteiger partial charge in [-0.1, -0.05) is 34.8 Å². The molecular weight excluding hydrogens is 405 g/mol. The number of halogens is 8. The zero-order valence-electron chi connectivity index (χ0n) is 11.0. The van der Waals surface area contributed by atoms with Gasteiger partial charge in [0.2, 0.25) is 0 Å². The fourth-order valence-electron chi connectivity index (χ4n) is 1.73. The highest BCUT2D eigenvalue weighted by Crippen LogP contribution is 2.42. The van der Waals surface area contributed by atoms with Crippen molar-refractivity contribution in [1.29, 1.82) is 0 Å². The van der Waals surface area contributed by atoms with Crippen LogP contribution in [0.5, 0.6) is 0 Å². The Balaban J connectivity index is 2.70. The molecule has 0 radical (unpaired) electrons. The molecule has 0 aliphatic carbocycles. The molecule has 2 rings (SSSR count). The molecule has 130 valence electrons. The normalized spacial score (nSPS) is 12.5. The van der Waals surface area contributed by atoms with Gasteiger partial charge in [-0.15, -0.1) is 0 Å². The second kappa shape index (κ2) is 6.05. The third-order valence-electron chi connectivity index (χ3n) is 2.85. The highest BCUT2D eigenvalue weighted by atomic mass is 35.5. The lowest BCUT2D eigenvalue weighted by Crippen LogP contribution is -2.41. The Bertz CT molecular complexity index is 866. The van der Waals surface area contributed by atoms with E-state index < -0.39 is 29.0 Å². The zero-order chi connectivity index (χ0) is 18.4. The fraction of sp³-hybridized carbons (Fsp3) is 0.167. The number of hydrogen-bond donors (Lipinski definition) is 1. The second-order valence-corrected chi connectivity index (χ2v) is 5.65. The van der Waals surface area contributed by atoms with Crippen molar-refractivity contribution < 1.29 is 22.0 Å². The van der Waals surface area contributed by atoms with Gasteiger partial charge >= 0.3 is 17.8 Å². The summed E-state index contributed by atoms with van der Waals surface area (Å²) >= 11 is 17.1. The quantitative estimate of drug-likeness (QED) is 0.599. The summed E-state index contributed by atoms with van der Waals surface area (Å²) in [5.41, 5.74) is -5.11. The molecule has 1 aromatic heterocycles. The van der Waals surface area contributed by atoms with Crippen LogP contribution in [0.2, 0.25) is 15.1 Å². The third kappa shape index (κ3) is 3.15. The van der Waals surface area contributed by atoms with Crippen LogP contribution in [0.4, 0.5) is 22.0 Å². The first-order valence-electron chi connectivity index (χ1n) is 5.82. The first kappa shape index (κ1) is 18.8. The van der Waals surface area contributed by atoms with E-state index in [2.05, 4.69) is 0 Å². The minimum Gasteiger partial charge on any atom is -0.305 e. The molecule has 1 aromatic carbocycles. The summed E-state index contributed by atoms with van der Waals surface area (Å²) in [6, 6.07) is 2.01. The zero-order valence-corrected chi connectivity index (χ0v) is 13.3. The molecule has 0 spiro atoms. The minimum atomic E-state index is -5.98. The minimum absolute atomic E-state index is 0.0364. The van der Waals surface area contributed by atoms with Gasteiger partial charge in [-0.25, -0.2) is 9.36 Å². The molecular formula is C12H4Cl3F5N2O2. The van der Waals surface area contributed by atoms with Crippen molar-refractivity contribution in [3.63, 3.8) is 0 Å². The second-order valence-electron chi connectivity index (χ2n) is 4.46. The van der Waals surface area contributed by atoms with Crippen LogP contribution in [-0.2, 0) is 5.92 Å². The SMILES string of the molecule is O=c1cc(C(F)(F)C(F)(F)F)[nH]c(=O)n1-c1cc(Cl)c(Cl)c(Cl)c1. The number of rotatable bonds is 2. The Kier molecular flexibility index (Phi) is 4.73. The average molecular weight is 410 g/mol. The van der Waals surface area contributed by atoms with Crippen LogP contribution in [0.3, 0.4) is 0 Å². The van der Waals surface area contributed by atoms with Gasteiger partial charge in [-0.3, -0.25) is 4.79 Å². The molecule has 0 saturated heterocycles. The molecule has 0 unspecified atom stereocenters. The number of nitrogens with zero attached hydrogens (tertiary/aromatic N) is 1. The Morgan fingerprint density at radius 3 is 1.83 bits per heavy atom. The van der Waals surface area contributed by atoms with Crippen molar-refractivity contribution >= 4 is 34.8 Å². The van der Waals surface area contributed by atoms with E-state index in [0.717, 1.165) is 12.1 Å². The summed E-state index contributed by atoms with van der Waals surface area (Å²) in [6.07, 6.45) is -5.98. The van der Waals surface area contributed by atoms with Crippen LogP contribution in [0.1, 0.15) is 5.69 Å². The monoisotopic (exact) mass is 408 g/mol. The van der Waals surface area contributed by atoms with Gasteiger partial charge in [0.15, 0.2) is 0 Å². The maximum atomic E-state index is 13.2. The van der Waals surface area contributed by atoms with Crippen molar-refractivity contribution in [2.45, 2.75) is 12.1 Å². The number of nitrogens with one attached hydrogen (secondary N) is 1. The predicted octanol–water partition coefficient (Wildman–Crippen LogP) is 4.14. The topological polar surface area (TPSA) is 54.9 Å². The van der Waals surface area contributed by atoms with Gasteiger partial charge in [-0.05, 0) is 12.1 Å². The summed E-state index contributed by atoms with van der Waals surface area (Å²) in [5, 5.41) is -0.405. The van der Waals surface area contributed by atoms with E-state index in [9.17, 15) is 31.5 Å². The Morgan fingerprint density at radius 2 is 1.42 bits per heavy atom. The Hall–Kier alpha value is -1.58. The summed E-state index contributed by atoms with van der Waals surface area (Å²) in [6.45, 7) is 0. The maximum Gasteiger partial charge on any atom is 0.459 e. The van der Waals surface area contributed by atoms with Crippen molar-refractivity contribution in [1.82, 2.24) is 9.55 Å². The molecule has 2 aromatic rings. The van der Waals surface area contributed by atoms with Crippen LogP contribution in [0, 0.1) is 0 Å². The van der Waals surface area contributed by atoms with E-state index in [1.165, 1.54) is 4.98 Å². The lowest BCUT2D eigenvalue weighted by Gasteiger charge is -2.19. The van der Waals surface area contributed by atoms with Crippen molar-refractivity contribution in [2.75, 3.05) is 0 Å². The van der Waals surface area contributed by atoms with Gasteiger partial charge in [-0.2, -0.15) is 22.0 Å². The van der Waals surface area contributed by atoms with Gasteiger partial charge in [0.05, 0.1) is 20.8 Å². The van der Waals surface area contributed by atoms with Crippen molar-refractivity contribution in [3.05, 3.63) is 59.8 Å². The van der Waals surface area contributed by atoms with E-state index in [-0.39, 0.29) is 31.4 Å². The molecule has 4 nitrogen and oxygen atoms in total. The van der Waals surface area contributed by atoms with Gasteiger partial charge in [0.25, 0.3) is 5.56 Å². The van der Waals surface area contributed by atoms with Crippen LogP contribution in [0.15, 0.2) is 27.8 Å². The van der Waals surface area contributed by atoms with E-state index in [1.54, 1.807) is 0 Å². The molecule has 0 bridgehead atoms. The summed E-state index contributed by atoms with van der Waals surface area (Å²) in [7, 11) is 0. The lowest BCUT2D eigenvalue weighted by molar-refractivity contribution is -0.291. The number of alkyl halides is 5. The maximum absolute atomic E-state index is 13.2. The lowest BCUT2D eigenvalue weighted by atomic mass is 10.2. The van der Waals surface area contributed by atoms with Crippen molar-refractivity contribution in [3.8, 4) is 5.69 Å². The number of aromatic nitrogens is 2. The molecule has 12 heteroatoms. The van der Waals surface area contributed by atoms with Gasteiger partial charge in [0, 0.05) is 6.07 Å². The standard InChI is InChI=1S/C12H4Cl3F5N2O2/c13-5-1-4(2-6(14)9(5)15)22-8(23)3-7(21-10(22)24)11(16,17)12(18,19)20/h1-3H,(H,21,24). The van der Waals surface area contributed by atoms with Crippen LogP contribution in [0.25, 0.3) is 5.69 Å². The van der Waals surface area contributed by atoms with E-state index >= 15 is 0 Å². The summed E-state index contributed by atoms with van der Waals surface area (Å²) in [5.74, 6) is -5.40. The number of aromatic amines is 1. The average Bonchev–Trinajstić information content (AvgIpc) is 2.42. The van der Waals surface area contributed by atoms with Crippen molar-refractivity contribution in [2.24, 2.45) is 0 Å². The molecule has 0 atom stereocenters. The fourth-order valence-corrected chi connectivity index (χ4v) is 2.32. The largest absolute Gasteiger partial charge is 0.459 e. The van der Waals surface area contributed by atoms with E-state index in [0.29, 0.717) is 0 Å². The van der Waals surface area contributed by atoms with Crippen LogP contribution >= 0.6 is 34.8 Å². The Labute approximate surface area is 144 Å². The van der Waals surface area contributed by atoms with Crippen LogP contribution < -0.4 is 11.2 Å². The molecule has 0 saturated carbocycles. The van der Waals surface area contributed by atoms with Crippen LogP contribution in [-0.4, -0.2) is 15.7 Å². The van der Waals surface area contributed by atoms with E-state index in [4.69, 9.17) is 34.8 Å². The first-order chi connectivity index (χ1) is 10.9. The highest BCUT2D eigenvalue weighted by molar-refractivity contribution is 6.48. The van der Waals surface area contributed by atoms with Gasteiger partial charge in [0.1, 0.15) is 5.69 Å². The molecule has 24 heavy (non-hydrogen) atoms. The third-order valence-corrected chi connectivity index (χ3v) is 4.05. The smallest absolute Gasteiger partial charge is 0.305 e. The molecule has 0 aliphatic rings. The molecule has 1 N–H and O–H groups in total. The first-order valence-corrected chi connectivity index (χ1v) is 6.96. The number of hydrogen-bond acceptors (Lipinski definition) is 2. The summed E-state index contributed by atoms with van der Waals surface area (Å²) in [4.78, 5) is 25.0. The molecule has 1 heterocycles. The molecule has 0 amide bonds. The van der Waals surface area contributed by atoms with E-state index in [1.807, 2.05) is 0 Å². The highest BCUT2D eigenvalue weighted by Gasteiger charge is 2.59. The Morgan fingerprint density at radius 1 is 0.917 bits per heavy atom.